The molecular weight excluding hydrogens is 268 g/mol. The molecule has 6 nitrogen and oxygen atoms in total. The first-order valence-corrected chi connectivity index (χ1v) is 7.15. The van der Waals surface area contributed by atoms with Crippen molar-refractivity contribution in [2.24, 2.45) is 0 Å². The Hall–Kier alpha value is -1.89. The van der Waals surface area contributed by atoms with Crippen molar-refractivity contribution >= 4 is 21.8 Å². The van der Waals surface area contributed by atoms with Crippen LogP contribution in [0.25, 0.3) is 0 Å². The molecule has 0 saturated carbocycles. The largest absolute Gasteiger partial charge is 0.335 e. The molecule has 0 atom stereocenters. The third-order valence-electron chi connectivity index (χ3n) is 2.22. The molecule has 7 heteroatoms. The van der Waals surface area contributed by atoms with Crippen LogP contribution in [0.4, 0.5) is 4.79 Å². The summed E-state index contributed by atoms with van der Waals surface area (Å²) in [5.74, 6) is -0.158. The van der Waals surface area contributed by atoms with Crippen molar-refractivity contribution in [1.29, 1.82) is 0 Å². The van der Waals surface area contributed by atoms with Gasteiger partial charge in [0.15, 0.2) is 5.78 Å². The van der Waals surface area contributed by atoms with Gasteiger partial charge in [0.05, 0.1) is 4.90 Å². The average molecular weight is 284 g/mol. The highest BCUT2D eigenvalue weighted by Gasteiger charge is 2.17. The molecule has 0 heterocycles. The molecule has 2 N–H and O–H groups in total. The van der Waals surface area contributed by atoms with Gasteiger partial charge in [-0.1, -0.05) is 12.1 Å². The minimum atomic E-state index is -3.92. The zero-order chi connectivity index (χ0) is 14.6. The topological polar surface area (TPSA) is 92.3 Å². The molecule has 0 aliphatic rings. The lowest BCUT2D eigenvalue weighted by atomic mass is 10.2. The minimum absolute atomic E-state index is 0.0728. The fourth-order valence-corrected chi connectivity index (χ4v) is 2.26. The second kappa shape index (κ2) is 5.83. The van der Waals surface area contributed by atoms with Crippen LogP contribution < -0.4 is 10.0 Å². The monoisotopic (exact) mass is 284 g/mol. The van der Waals surface area contributed by atoms with Gasteiger partial charge in [-0.2, -0.15) is 0 Å². The number of benzene rings is 1. The summed E-state index contributed by atoms with van der Waals surface area (Å²) in [7, 11) is -3.92. The molecule has 1 rings (SSSR count). The Morgan fingerprint density at radius 1 is 1.11 bits per heavy atom. The first-order chi connectivity index (χ1) is 8.72. The van der Waals surface area contributed by atoms with Crippen LogP contribution in [0.5, 0.6) is 0 Å². The Bertz CT molecular complexity index is 576. The predicted octanol–water partition coefficient (Wildman–Crippen LogP) is 1.29. The molecular formula is C12H16N2O4S. The van der Waals surface area contributed by atoms with Crippen molar-refractivity contribution in [3.63, 3.8) is 0 Å². The molecule has 0 aliphatic carbocycles. The Morgan fingerprint density at radius 3 is 2.05 bits per heavy atom. The summed E-state index contributed by atoms with van der Waals surface area (Å²) in [6.07, 6.45) is 0. The summed E-state index contributed by atoms with van der Waals surface area (Å²) in [6.45, 7) is 4.82. The number of sulfonamides is 1. The summed E-state index contributed by atoms with van der Waals surface area (Å²) in [4.78, 5) is 22.4. The van der Waals surface area contributed by atoms with E-state index in [2.05, 4.69) is 5.32 Å². The third-order valence-corrected chi connectivity index (χ3v) is 3.56. The van der Waals surface area contributed by atoms with Crippen molar-refractivity contribution in [2.45, 2.75) is 31.7 Å². The average Bonchev–Trinajstić information content (AvgIpc) is 2.27. The molecule has 0 radical (unpaired) electrons. The predicted molar refractivity (Wildman–Crippen MR) is 70.4 cm³/mol. The van der Waals surface area contributed by atoms with Gasteiger partial charge in [0, 0.05) is 11.6 Å². The number of amides is 2. The van der Waals surface area contributed by atoms with E-state index < -0.39 is 16.1 Å². The number of carbonyl (C=O) groups excluding carboxylic acids is 2. The Balaban J connectivity index is 2.88. The smallest absolute Gasteiger partial charge is 0.328 e. The normalized spacial score (nSPS) is 11.2. The Labute approximate surface area is 112 Å². The lowest BCUT2D eigenvalue weighted by Gasteiger charge is -2.10. The molecule has 0 unspecified atom stereocenters. The fraction of sp³-hybridized carbons (Fsp3) is 0.333. The van der Waals surface area contributed by atoms with E-state index in [4.69, 9.17) is 0 Å². The lowest BCUT2D eigenvalue weighted by molar-refractivity contribution is 0.101. The SMILES string of the molecule is CC(=O)c1ccc(S(=O)(=O)NC(=O)NC(C)C)cc1. The van der Waals surface area contributed by atoms with Gasteiger partial charge in [0.25, 0.3) is 10.0 Å². The van der Waals surface area contributed by atoms with E-state index in [0.29, 0.717) is 5.56 Å². The third kappa shape index (κ3) is 4.36. The molecule has 0 aromatic heterocycles. The van der Waals surface area contributed by atoms with Crippen molar-refractivity contribution in [1.82, 2.24) is 10.0 Å². The van der Waals surface area contributed by atoms with E-state index in [1.165, 1.54) is 31.2 Å². The molecule has 1 aromatic rings. The van der Waals surface area contributed by atoms with Gasteiger partial charge >= 0.3 is 6.03 Å². The second-order valence-corrected chi connectivity index (χ2v) is 6.00. The maximum absolute atomic E-state index is 11.8. The first kappa shape index (κ1) is 15.2. The summed E-state index contributed by atoms with van der Waals surface area (Å²) >= 11 is 0. The number of Topliss-reactive ketones (excluding diaryl/α,β-unsaturated/α-hetero) is 1. The number of hydrogen-bond donors (Lipinski definition) is 2. The maximum atomic E-state index is 11.8. The zero-order valence-electron chi connectivity index (χ0n) is 10.9. The molecule has 0 spiro atoms. The lowest BCUT2D eigenvalue weighted by Crippen LogP contribution is -2.42. The van der Waals surface area contributed by atoms with Crippen molar-refractivity contribution in [3.8, 4) is 0 Å². The fourth-order valence-electron chi connectivity index (χ4n) is 1.34. The zero-order valence-corrected chi connectivity index (χ0v) is 11.7. The molecule has 2 amide bonds. The maximum Gasteiger partial charge on any atom is 0.328 e. The van der Waals surface area contributed by atoms with Crippen LogP contribution in [0.1, 0.15) is 31.1 Å². The van der Waals surface area contributed by atoms with Gasteiger partial charge in [-0.15, -0.1) is 0 Å². The van der Waals surface area contributed by atoms with Crippen LogP contribution in [0.15, 0.2) is 29.2 Å². The highest BCUT2D eigenvalue weighted by Crippen LogP contribution is 2.10. The van der Waals surface area contributed by atoms with E-state index in [1.54, 1.807) is 13.8 Å². The van der Waals surface area contributed by atoms with Gasteiger partial charge in [-0.05, 0) is 32.9 Å². The number of nitrogens with one attached hydrogen (secondary N) is 2. The van der Waals surface area contributed by atoms with Crippen molar-refractivity contribution in [3.05, 3.63) is 29.8 Å². The van der Waals surface area contributed by atoms with Gasteiger partial charge in [0.1, 0.15) is 0 Å². The summed E-state index contributed by atoms with van der Waals surface area (Å²) in [5.41, 5.74) is 0.408. The first-order valence-electron chi connectivity index (χ1n) is 5.66. The van der Waals surface area contributed by atoms with Crippen LogP contribution in [0.3, 0.4) is 0 Å². The van der Waals surface area contributed by atoms with E-state index in [9.17, 15) is 18.0 Å². The highest BCUT2D eigenvalue weighted by molar-refractivity contribution is 7.90. The van der Waals surface area contributed by atoms with E-state index in [0.717, 1.165) is 0 Å². The van der Waals surface area contributed by atoms with E-state index >= 15 is 0 Å². The van der Waals surface area contributed by atoms with Crippen molar-refractivity contribution in [2.75, 3.05) is 0 Å². The summed E-state index contributed by atoms with van der Waals surface area (Å²) < 4.78 is 25.6. The molecule has 104 valence electrons. The van der Waals surface area contributed by atoms with Crippen LogP contribution in [0, 0.1) is 0 Å². The van der Waals surface area contributed by atoms with Gasteiger partial charge in [0.2, 0.25) is 0 Å². The number of urea groups is 1. The second-order valence-electron chi connectivity index (χ2n) is 4.31. The molecule has 0 saturated heterocycles. The molecule has 1 aromatic carbocycles. The number of carbonyl (C=O) groups is 2. The summed E-state index contributed by atoms with van der Waals surface area (Å²) in [5, 5.41) is 2.41. The van der Waals surface area contributed by atoms with Gasteiger partial charge in [-0.25, -0.2) is 17.9 Å². The van der Waals surface area contributed by atoms with E-state index in [-0.39, 0.29) is 16.7 Å². The van der Waals surface area contributed by atoms with Crippen LogP contribution in [0.2, 0.25) is 0 Å². The molecule has 0 aliphatic heterocycles. The minimum Gasteiger partial charge on any atom is -0.335 e. The molecule has 19 heavy (non-hydrogen) atoms. The van der Waals surface area contributed by atoms with E-state index in [1.807, 2.05) is 4.72 Å². The number of rotatable bonds is 4. The van der Waals surface area contributed by atoms with Crippen LogP contribution in [-0.2, 0) is 10.0 Å². The quantitative estimate of drug-likeness (QED) is 0.815. The standard InChI is InChI=1S/C12H16N2O4S/c1-8(2)13-12(16)14-19(17,18)11-6-4-10(5-7-11)9(3)15/h4-8H,1-3H3,(H2,13,14,16). The highest BCUT2D eigenvalue weighted by atomic mass is 32.2. The van der Waals surface area contributed by atoms with Gasteiger partial charge < -0.3 is 5.32 Å². The van der Waals surface area contributed by atoms with Crippen LogP contribution >= 0.6 is 0 Å². The van der Waals surface area contributed by atoms with Crippen LogP contribution in [-0.4, -0.2) is 26.3 Å². The van der Waals surface area contributed by atoms with Crippen molar-refractivity contribution < 1.29 is 18.0 Å². The molecule has 0 fully saturated rings. The Morgan fingerprint density at radius 2 is 1.63 bits per heavy atom. The summed E-state index contributed by atoms with van der Waals surface area (Å²) in [6, 6.07) is 4.40. The Kier molecular flexibility index (Phi) is 4.66. The molecule has 0 bridgehead atoms. The number of hydrogen-bond acceptors (Lipinski definition) is 4. The van der Waals surface area contributed by atoms with Gasteiger partial charge in [-0.3, -0.25) is 4.79 Å². The number of ketones is 1.